The highest BCUT2D eigenvalue weighted by Gasteiger charge is 2.23. The molecule has 116 valence electrons. The number of halogens is 1. The van der Waals surface area contributed by atoms with Crippen molar-refractivity contribution < 1.29 is 9.72 Å². The van der Waals surface area contributed by atoms with Crippen LogP contribution in [0.1, 0.15) is 15.9 Å². The Morgan fingerprint density at radius 2 is 2.17 bits per heavy atom. The number of hydrogen-bond donors (Lipinski definition) is 1. The van der Waals surface area contributed by atoms with Crippen LogP contribution in [0.15, 0.2) is 48.9 Å². The van der Waals surface area contributed by atoms with E-state index in [0.29, 0.717) is 0 Å². The van der Waals surface area contributed by atoms with E-state index < -0.39 is 16.5 Å². The summed E-state index contributed by atoms with van der Waals surface area (Å²) in [5.74, 6) is -0.553. The molecule has 0 aliphatic rings. The third-order valence-electron chi connectivity index (χ3n) is 3.33. The second kappa shape index (κ2) is 6.05. The first kappa shape index (κ1) is 15.0. The van der Waals surface area contributed by atoms with Crippen LogP contribution in [0.25, 0.3) is 5.65 Å². The number of aromatic nitrogens is 2. The normalized spacial score (nSPS) is 10.7. The number of benzene rings is 1. The van der Waals surface area contributed by atoms with Crippen molar-refractivity contribution in [2.24, 2.45) is 0 Å². The van der Waals surface area contributed by atoms with Crippen LogP contribution in [0.2, 0.25) is 5.02 Å². The number of carbonyl (C=O) groups is 1. The maximum absolute atomic E-state index is 12.2. The fourth-order valence-electron chi connectivity index (χ4n) is 2.22. The van der Waals surface area contributed by atoms with Gasteiger partial charge in [-0.25, -0.2) is 4.98 Å². The summed E-state index contributed by atoms with van der Waals surface area (Å²) in [6.45, 7) is 0.228. The van der Waals surface area contributed by atoms with Crippen molar-refractivity contribution in [3.63, 3.8) is 0 Å². The van der Waals surface area contributed by atoms with E-state index in [1.807, 2.05) is 28.9 Å². The quantitative estimate of drug-likeness (QED) is 0.588. The van der Waals surface area contributed by atoms with E-state index >= 15 is 0 Å². The number of amides is 1. The fraction of sp³-hybridized carbons (Fsp3) is 0.0667. The minimum absolute atomic E-state index is 0.0654. The van der Waals surface area contributed by atoms with E-state index in [0.717, 1.165) is 11.2 Å². The zero-order valence-corrected chi connectivity index (χ0v) is 12.5. The van der Waals surface area contributed by atoms with Crippen molar-refractivity contribution in [3.05, 3.63) is 75.2 Å². The predicted octanol–water partition coefficient (Wildman–Crippen LogP) is 2.83. The molecule has 1 N–H and O–H groups in total. The summed E-state index contributed by atoms with van der Waals surface area (Å²) in [5.41, 5.74) is 1.13. The third-order valence-corrected chi connectivity index (χ3v) is 3.63. The summed E-state index contributed by atoms with van der Waals surface area (Å²) >= 11 is 5.81. The lowest BCUT2D eigenvalue weighted by Gasteiger charge is -2.07. The molecule has 0 unspecified atom stereocenters. The Morgan fingerprint density at radius 1 is 1.35 bits per heavy atom. The van der Waals surface area contributed by atoms with E-state index in [1.165, 1.54) is 18.2 Å². The van der Waals surface area contributed by atoms with Crippen LogP contribution in [-0.2, 0) is 6.54 Å². The molecule has 2 aromatic heterocycles. The predicted molar refractivity (Wildman–Crippen MR) is 84.5 cm³/mol. The van der Waals surface area contributed by atoms with Crippen molar-refractivity contribution in [1.29, 1.82) is 0 Å². The zero-order valence-electron chi connectivity index (χ0n) is 11.8. The van der Waals surface area contributed by atoms with E-state index in [2.05, 4.69) is 10.3 Å². The summed E-state index contributed by atoms with van der Waals surface area (Å²) in [7, 11) is 0. The number of nitro benzene ring substituents is 1. The van der Waals surface area contributed by atoms with Crippen LogP contribution < -0.4 is 5.32 Å². The molecule has 8 heteroatoms. The highest BCUT2D eigenvalue weighted by atomic mass is 35.5. The molecule has 0 bridgehead atoms. The molecule has 0 atom stereocenters. The highest BCUT2D eigenvalue weighted by molar-refractivity contribution is 6.33. The van der Waals surface area contributed by atoms with Gasteiger partial charge in [-0.2, -0.15) is 0 Å². The van der Waals surface area contributed by atoms with Gasteiger partial charge in [0.1, 0.15) is 16.2 Å². The zero-order chi connectivity index (χ0) is 16.4. The van der Waals surface area contributed by atoms with Gasteiger partial charge in [-0.05, 0) is 29.8 Å². The molecule has 0 radical (unpaired) electrons. The van der Waals surface area contributed by atoms with Crippen LogP contribution in [0, 0.1) is 10.1 Å². The van der Waals surface area contributed by atoms with Gasteiger partial charge in [0.05, 0.1) is 4.92 Å². The van der Waals surface area contributed by atoms with Gasteiger partial charge in [-0.15, -0.1) is 0 Å². The van der Waals surface area contributed by atoms with Crippen molar-refractivity contribution in [3.8, 4) is 0 Å². The van der Waals surface area contributed by atoms with E-state index in [9.17, 15) is 14.9 Å². The molecule has 0 spiro atoms. The largest absolute Gasteiger partial charge is 0.348 e. The Kier molecular flexibility index (Phi) is 3.94. The van der Waals surface area contributed by atoms with Gasteiger partial charge in [0.15, 0.2) is 0 Å². The monoisotopic (exact) mass is 330 g/mol. The Balaban J connectivity index is 1.79. The minimum Gasteiger partial charge on any atom is -0.348 e. The molecule has 2 heterocycles. The average Bonchev–Trinajstić information content (AvgIpc) is 2.99. The molecule has 3 aromatic rings. The molecule has 0 fully saturated rings. The molecule has 23 heavy (non-hydrogen) atoms. The van der Waals surface area contributed by atoms with Gasteiger partial charge in [0, 0.05) is 25.1 Å². The number of nitrogens with one attached hydrogen (secondary N) is 1. The van der Waals surface area contributed by atoms with Crippen molar-refractivity contribution >= 4 is 28.8 Å². The second-order valence-corrected chi connectivity index (χ2v) is 5.21. The lowest BCUT2D eigenvalue weighted by atomic mass is 10.1. The number of carbonyl (C=O) groups excluding carboxylic acids is 1. The number of para-hydroxylation sites is 1. The molecule has 7 nitrogen and oxygen atoms in total. The highest BCUT2D eigenvalue weighted by Crippen LogP contribution is 2.28. The number of imidazole rings is 1. The SMILES string of the molecule is O=C(NCc1ccn2ccnc2c1)c1cccc(Cl)c1[N+](=O)[O-]. The van der Waals surface area contributed by atoms with Gasteiger partial charge >= 0.3 is 5.69 Å². The Labute approximate surface area is 135 Å². The molecule has 0 aliphatic heterocycles. The molecular weight excluding hydrogens is 320 g/mol. The molecule has 1 amide bonds. The lowest BCUT2D eigenvalue weighted by molar-refractivity contribution is -0.385. The Bertz CT molecular complexity index is 907. The lowest BCUT2D eigenvalue weighted by Crippen LogP contribution is -2.23. The molecule has 1 aromatic carbocycles. The first-order chi connectivity index (χ1) is 11.1. The van der Waals surface area contributed by atoms with E-state index in [1.54, 1.807) is 6.20 Å². The van der Waals surface area contributed by atoms with Gasteiger partial charge in [-0.1, -0.05) is 17.7 Å². The van der Waals surface area contributed by atoms with Gasteiger partial charge in [0.2, 0.25) is 0 Å². The van der Waals surface area contributed by atoms with Gasteiger partial charge in [0.25, 0.3) is 5.91 Å². The van der Waals surface area contributed by atoms with Crippen LogP contribution in [-0.4, -0.2) is 20.2 Å². The number of nitrogens with zero attached hydrogens (tertiary/aromatic N) is 3. The van der Waals surface area contributed by atoms with Crippen molar-refractivity contribution in [1.82, 2.24) is 14.7 Å². The van der Waals surface area contributed by atoms with Gasteiger partial charge in [-0.3, -0.25) is 14.9 Å². The van der Waals surface area contributed by atoms with E-state index in [-0.39, 0.29) is 17.1 Å². The summed E-state index contributed by atoms with van der Waals surface area (Å²) in [6, 6.07) is 7.91. The number of pyridine rings is 1. The maximum atomic E-state index is 12.2. The number of rotatable bonds is 4. The molecule has 0 aliphatic carbocycles. The first-order valence-electron chi connectivity index (χ1n) is 6.69. The smallest absolute Gasteiger partial charge is 0.300 e. The number of nitro groups is 1. The van der Waals surface area contributed by atoms with Crippen LogP contribution in [0.4, 0.5) is 5.69 Å². The van der Waals surface area contributed by atoms with Crippen molar-refractivity contribution in [2.75, 3.05) is 0 Å². The molecular formula is C15H11ClN4O3. The Hall–Kier alpha value is -2.93. The molecule has 3 rings (SSSR count). The molecule has 0 saturated carbocycles. The summed E-state index contributed by atoms with van der Waals surface area (Å²) in [5, 5.41) is 13.7. The van der Waals surface area contributed by atoms with Crippen LogP contribution in [0.3, 0.4) is 0 Å². The van der Waals surface area contributed by atoms with Crippen LogP contribution >= 0.6 is 11.6 Å². The van der Waals surface area contributed by atoms with Crippen LogP contribution in [0.5, 0.6) is 0 Å². The fourth-order valence-corrected chi connectivity index (χ4v) is 2.47. The summed E-state index contributed by atoms with van der Waals surface area (Å²) in [4.78, 5) is 26.8. The average molecular weight is 331 g/mol. The van der Waals surface area contributed by atoms with E-state index in [4.69, 9.17) is 11.6 Å². The summed E-state index contributed by atoms with van der Waals surface area (Å²) in [6.07, 6.45) is 5.31. The maximum Gasteiger partial charge on any atom is 0.300 e. The van der Waals surface area contributed by atoms with Gasteiger partial charge < -0.3 is 9.72 Å². The first-order valence-corrected chi connectivity index (χ1v) is 7.07. The standard InChI is InChI=1S/C15H11ClN4O3/c16-12-3-1-2-11(14(12)20(22)23)15(21)18-9-10-4-6-19-7-5-17-13(19)8-10/h1-8H,9H2,(H,18,21). The second-order valence-electron chi connectivity index (χ2n) is 4.80. The molecule has 0 saturated heterocycles. The topological polar surface area (TPSA) is 89.5 Å². The summed E-state index contributed by atoms with van der Waals surface area (Å²) < 4.78 is 1.84. The third kappa shape index (κ3) is 3.00. The Morgan fingerprint density at radius 3 is 2.96 bits per heavy atom. The minimum atomic E-state index is -0.659. The number of hydrogen-bond acceptors (Lipinski definition) is 4. The number of fused-ring (bicyclic) bond motifs is 1. The van der Waals surface area contributed by atoms with Crippen molar-refractivity contribution in [2.45, 2.75) is 6.54 Å².